The molecule has 2 amide bonds. The maximum absolute atomic E-state index is 12.4. The van der Waals surface area contributed by atoms with Gasteiger partial charge in [0.2, 0.25) is 0 Å². The van der Waals surface area contributed by atoms with E-state index < -0.39 is 29.2 Å². The molecule has 1 heterocycles. The van der Waals surface area contributed by atoms with E-state index in [1.165, 1.54) is 11.9 Å². The maximum atomic E-state index is 12.4. The van der Waals surface area contributed by atoms with Crippen LogP contribution in [-0.2, 0) is 15.1 Å². The van der Waals surface area contributed by atoms with Gasteiger partial charge in [0, 0.05) is 12.5 Å². The molecule has 0 radical (unpaired) electrons. The van der Waals surface area contributed by atoms with E-state index in [1.807, 2.05) is 20.8 Å². The number of carbonyl (C=O) groups is 2. The van der Waals surface area contributed by atoms with Crippen LogP contribution in [0.15, 0.2) is 30.3 Å². The number of aliphatic carboxylic acids is 1. The highest BCUT2D eigenvalue weighted by Crippen LogP contribution is 2.43. The first-order valence-electron chi connectivity index (χ1n) is 7.16. The number of carbonyl (C=O) groups excluding carboxylic acids is 1. The molecule has 1 saturated heterocycles. The quantitative estimate of drug-likeness (QED) is 0.876. The monoisotopic (exact) mass is 306 g/mol. The van der Waals surface area contributed by atoms with Crippen LogP contribution in [0, 0.1) is 5.41 Å². The lowest BCUT2D eigenvalue weighted by atomic mass is 9.87. The molecular formula is C16H22N2O4. The third-order valence-corrected chi connectivity index (χ3v) is 3.87. The van der Waals surface area contributed by atoms with Crippen molar-refractivity contribution in [1.82, 2.24) is 10.2 Å². The molecule has 2 atom stereocenters. The SMILES string of the molecule is CNC(=O)N1C(C(C)(C)C)OCC1(C(=O)O)c1ccccc1. The van der Waals surface area contributed by atoms with Crippen molar-refractivity contribution in [3.63, 3.8) is 0 Å². The smallest absolute Gasteiger partial charge is 0.336 e. The second-order valence-corrected chi connectivity index (χ2v) is 6.49. The van der Waals surface area contributed by atoms with Crippen molar-refractivity contribution in [3.8, 4) is 0 Å². The fourth-order valence-corrected chi connectivity index (χ4v) is 2.81. The number of rotatable bonds is 2. The summed E-state index contributed by atoms with van der Waals surface area (Å²) in [5.74, 6) is -1.10. The minimum Gasteiger partial charge on any atom is -0.479 e. The van der Waals surface area contributed by atoms with Crippen LogP contribution in [0.25, 0.3) is 0 Å². The van der Waals surface area contributed by atoms with E-state index in [0.717, 1.165) is 0 Å². The lowest BCUT2D eigenvalue weighted by Crippen LogP contribution is -2.59. The van der Waals surface area contributed by atoms with Crippen LogP contribution in [0.5, 0.6) is 0 Å². The molecule has 2 rings (SSSR count). The third-order valence-electron chi connectivity index (χ3n) is 3.87. The Kier molecular flexibility index (Phi) is 4.15. The molecule has 2 N–H and O–H groups in total. The molecule has 1 fully saturated rings. The molecule has 1 aromatic carbocycles. The van der Waals surface area contributed by atoms with Gasteiger partial charge in [-0.15, -0.1) is 0 Å². The number of hydrogen-bond acceptors (Lipinski definition) is 3. The van der Waals surface area contributed by atoms with Crippen LogP contribution in [0.2, 0.25) is 0 Å². The van der Waals surface area contributed by atoms with Gasteiger partial charge in [-0.2, -0.15) is 0 Å². The van der Waals surface area contributed by atoms with Crippen molar-refractivity contribution in [2.24, 2.45) is 5.41 Å². The molecule has 6 heteroatoms. The van der Waals surface area contributed by atoms with Gasteiger partial charge in [-0.25, -0.2) is 9.59 Å². The van der Waals surface area contributed by atoms with Gasteiger partial charge in [-0.3, -0.25) is 4.90 Å². The number of amides is 2. The highest BCUT2D eigenvalue weighted by atomic mass is 16.5. The van der Waals surface area contributed by atoms with Crippen molar-refractivity contribution in [3.05, 3.63) is 35.9 Å². The molecule has 1 aromatic rings. The van der Waals surface area contributed by atoms with Gasteiger partial charge in [0.25, 0.3) is 0 Å². The van der Waals surface area contributed by atoms with Crippen LogP contribution in [0.1, 0.15) is 26.3 Å². The van der Waals surface area contributed by atoms with Crippen LogP contribution in [-0.4, -0.2) is 41.9 Å². The van der Waals surface area contributed by atoms with Gasteiger partial charge >= 0.3 is 12.0 Å². The number of carboxylic acid groups (broad SMARTS) is 1. The predicted molar refractivity (Wildman–Crippen MR) is 81.2 cm³/mol. The normalized spacial score (nSPS) is 25.1. The lowest BCUT2D eigenvalue weighted by Gasteiger charge is -2.39. The minimum absolute atomic E-state index is 0.0816. The Labute approximate surface area is 130 Å². The summed E-state index contributed by atoms with van der Waals surface area (Å²) in [4.78, 5) is 25.9. The van der Waals surface area contributed by atoms with Crippen LogP contribution >= 0.6 is 0 Å². The maximum Gasteiger partial charge on any atom is 0.336 e. The zero-order chi connectivity index (χ0) is 16.5. The first-order chi connectivity index (χ1) is 10.2. The summed E-state index contributed by atoms with van der Waals surface area (Å²) in [6.45, 7) is 5.66. The Balaban J connectivity index is 2.62. The summed E-state index contributed by atoms with van der Waals surface area (Å²) < 4.78 is 5.77. The number of nitrogens with zero attached hydrogens (tertiary/aromatic N) is 1. The second-order valence-electron chi connectivity index (χ2n) is 6.49. The third kappa shape index (κ3) is 2.43. The summed E-state index contributed by atoms with van der Waals surface area (Å²) >= 11 is 0. The van der Waals surface area contributed by atoms with Crippen molar-refractivity contribution in [2.45, 2.75) is 32.5 Å². The molecule has 0 saturated carbocycles. The largest absolute Gasteiger partial charge is 0.479 e. The zero-order valence-corrected chi connectivity index (χ0v) is 13.3. The molecule has 120 valence electrons. The van der Waals surface area contributed by atoms with E-state index in [0.29, 0.717) is 5.56 Å². The predicted octanol–water partition coefficient (Wildman–Crippen LogP) is 2.01. The fourth-order valence-electron chi connectivity index (χ4n) is 2.81. The first-order valence-corrected chi connectivity index (χ1v) is 7.16. The van der Waals surface area contributed by atoms with E-state index in [2.05, 4.69) is 5.32 Å². The Morgan fingerprint density at radius 2 is 1.91 bits per heavy atom. The number of nitrogens with one attached hydrogen (secondary N) is 1. The van der Waals surface area contributed by atoms with Crippen LogP contribution < -0.4 is 5.32 Å². The highest BCUT2D eigenvalue weighted by molar-refractivity contribution is 5.88. The van der Waals surface area contributed by atoms with E-state index in [1.54, 1.807) is 30.3 Å². The van der Waals surface area contributed by atoms with Gasteiger partial charge in [0.15, 0.2) is 5.54 Å². The van der Waals surface area contributed by atoms with Crippen molar-refractivity contribution in [1.29, 1.82) is 0 Å². The summed E-state index contributed by atoms with van der Waals surface area (Å²) in [5.41, 5.74) is -1.42. The Hall–Kier alpha value is -2.08. The molecule has 0 aliphatic carbocycles. The first kappa shape index (κ1) is 16.3. The highest BCUT2D eigenvalue weighted by Gasteiger charge is 2.59. The van der Waals surface area contributed by atoms with E-state index >= 15 is 0 Å². The Morgan fingerprint density at radius 3 is 2.36 bits per heavy atom. The van der Waals surface area contributed by atoms with Gasteiger partial charge in [-0.05, 0) is 5.56 Å². The van der Waals surface area contributed by atoms with Crippen molar-refractivity contribution >= 4 is 12.0 Å². The van der Waals surface area contributed by atoms with E-state index in [-0.39, 0.29) is 6.61 Å². The minimum atomic E-state index is -1.53. The number of urea groups is 1. The van der Waals surface area contributed by atoms with Gasteiger partial charge in [0.1, 0.15) is 6.23 Å². The molecule has 0 spiro atoms. The number of benzene rings is 1. The molecular weight excluding hydrogens is 284 g/mol. The van der Waals surface area contributed by atoms with Gasteiger partial charge in [-0.1, -0.05) is 51.1 Å². The van der Waals surface area contributed by atoms with Gasteiger partial charge in [0.05, 0.1) is 6.61 Å². The Morgan fingerprint density at radius 1 is 1.32 bits per heavy atom. The summed E-state index contributed by atoms with van der Waals surface area (Å²) in [6, 6.07) is 8.26. The Bertz CT molecular complexity index is 567. The van der Waals surface area contributed by atoms with Crippen molar-refractivity contribution in [2.75, 3.05) is 13.7 Å². The summed E-state index contributed by atoms with van der Waals surface area (Å²) in [7, 11) is 1.48. The molecule has 22 heavy (non-hydrogen) atoms. The van der Waals surface area contributed by atoms with Crippen LogP contribution in [0.3, 0.4) is 0 Å². The summed E-state index contributed by atoms with van der Waals surface area (Å²) in [6.07, 6.45) is -0.635. The topological polar surface area (TPSA) is 78.9 Å². The number of carboxylic acids is 1. The average molecular weight is 306 g/mol. The second kappa shape index (κ2) is 5.61. The standard InChI is InChI=1S/C16H22N2O4/c1-15(2,3)12-18(14(21)17-4)16(10-22-12,13(19)20)11-8-6-5-7-9-11/h5-9,12H,10H2,1-4H3,(H,17,21)(H,19,20). The van der Waals surface area contributed by atoms with Crippen LogP contribution in [0.4, 0.5) is 4.79 Å². The molecule has 6 nitrogen and oxygen atoms in total. The lowest BCUT2D eigenvalue weighted by molar-refractivity contribution is -0.149. The van der Waals surface area contributed by atoms with Crippen molar-refractivity contribution < 1.29 is 19.4 Å². The molecule has 1 aliphatic rings. The zero-order valence-electron chi connectivity index (χ0n) is 13.3. The number of hydrogen-bond donors (Lipinski definition) is 2. The van der Waals surface area contributed by atoms with E-state index in [9.17, 15) is 14.7 Å². The molecule has 1 aliphatic heterocycles. The number of ether oxygens (including phenoxy) is 1. The van der Waals surface area contributed by atoms with Gasteiger partial charge < -0.3 is 15.2 Å². The fraction of sp³-hybridized carbons (Fsp3) is 0.500. The van der Waals surface area contributed by atoms with E-state index in [4.69, 9.17) is 4.74 Å². The average Bonchev–Trinajstić information content (AvgIpc) is 2.89. The molecule has 2 unspecified atom stereocenters. The summed E-state index contributed by atoms with van der Waals surface area (Å²) in [5, 5.41) is 12.4. The molecule has 0 aromatic heterocycles. The molecule has 0 bridgehead atoms.